The molecule has 0 bridgehead atoms. The molecule has 2 rings (SSSR count). The van der Waals surface area contributed by atoms with Gasteiger partial charge in [0, 0.05) is 0 Å². The van der Waals surface area contributed by atoms with E-state index in [0.717, 1.165) is 5.56 Å². The molecule has 19 heavy (non-hydrogen) atoms. The maximum Gasteiger partial charge on any atom is 0.339 e. The van der Waals surface area contributed by atoms with Crippen LogP contribution in [0.3, 0.4) is 0 Å². The fourth-order valence-electron chi connectivity index (χ4n) is 1.58. The highest BCUT2D eigenvalue weighted by Crippen LogP contribution is 2.16. The standard InChI is InChI=1S/C15H10ClNO2/c16-14-7-2-1-6-13(14)15(18)19-10-12-5-3-4-11(8-12)9-17/h1-8H,10H2. The Morgan fingerprint density at radius 2 is 2.00 bits per heavy atom. The molecule has 0 spiro atoms. The second kappa shape index (κ2) is 6.03. The van der Waals surface area contributed by atoms with Crippen molar-refractivity contribution in [2.24, 2.45) is 0 Å². The average Bonchev–Trinajstić information content (AvgIpc) is 2.45. The number of carbonyl (C=O) groups excluding carboxylic acids is 1. The van der Waals surface area contributed by atoms with Crippen molar-refractivity contribution < 1.29 is 9.53 Å². The monoisotopic (exact) mass is 271 g/mol. The summed E-state index contributed by atoms with van der Waals surface area (Å²) in [5.74, 6) is -0.479. The zero-order chi connectivity index (χ0) is 13.7. The molecular formula is C15H10ClNO2. The van der Waals surface area contributed by atoms with Crippen LogP contribution in [0.5, 0.6) is 0 Å². The minimum Gasteiger partial charge on any atom is -0.457 e. The van der Waals surface area contributed by atoms with Crippen molar-refractivity contribution in [1.82, 2.24) is 0 Å². The topological polar surface area (TPSA) is 50.1 Å². The summed E-state index contributed by atoms with van der Waals surface area (Å²) in [5, 5.41) is 9.14. The molecule has 94 valence electrons. The fourth-order valence-corrected chi connectivity index (χ4v) is 1.80. The van der Waals surface area contributed by atoms with Gasteiger partial charge in [0.15, 0.2) is 0 Å². The number of carbonyl (C=O) groups is 1. The molecule has 3 nitrogen and oxygen atoms in total. The molecular weight excluding hydrogens is 262 g/mol. The van der Waals surface area contributed by atoms with Gasteiger partial charge in [0.2, 0.25) is 0 Å². The molecule has 0 radical (unpaired) electrons. The van der Waals surface area contributed by atoms with Crippen LogP contribution in [0, 0.1) is 11.3 Å². The van der Waals surface area contributed by atoms with E-state index in [1.54, 1.807) is 48.5 Å². The van der Waals surface area contributed by atoms with Crippen LogP contribution in [-0.2, 0) is 11.3 Å². The van der Waals surface area contributed by atoms with Gasteiger partial charge in [-0.1, -0.05) is 35.9 Å². The third-order valence-electron chi connectivity index (χ3n) is 2.52. The Balaban J connectivity index is 2.05. The molecule has 2 aromatic rings. The van der Waals surface area contributed by atoms with Crippen molar-refractivity contribution >= 4 is 17.6 Å². The van der Waals surface area contributed by atoms with E-state index >= 15 is 0 Å². The molecule has 0 heterocycles. The first kappa shape index (κ1) is 13.1. The summed E-state index contributed by atoms with van der Waals surface area (Å²) in [4.78, 5) is 11.8. The van der Waals surface area contributed by atoms with E-state index in [0.29, 0.717) is 16.1 Å². The number of esters is 1. The molecule has 0 amide bonds. The number of rotatable bonds is 3. The highest BCUT2D eigenvalue weighted by Gasteiger charge is 2.10. The van der Waals surface area contributed by atoms with E-state index in [1.807, 2.05) is 6.07 Å². The molecule has 2 aromatic carbocycles. The molecule has 0 saturated carbocycles. The van der Waals surface area contributed by atoms with Gasteiger partial charge in [0.05, 0.1) is 22.2 Å². The summed E-state index contributed by atoms with van der Waals surface area (Å²) in [6, 6.07) is 15.7. The van der Waals surface area contributed by atoms with Gasteiger partial charge in [0.25, 0.3) is 0 Å². The minimum absolute atomic E-state index is 0.111. The third kappa shape index (κ3) is 3.34. The fraction of sp³-hybridized carbons (Fsp3) is 0.0667. The van der Waals surface area contributed by atoms with E-state index in [-0.39, 0.29) is 6.61 Å². The first-order valence-electron chi connectivity index (χ1n) is 5.61. The molecule has 0 fully saturated rings. The van der Waals surface area contributed by atoms with Crippen molar-refractivity contribution in [1.29, 1.82) is 5.26 Å². The van der Waals surface area contributed by atoms with Crippen LogP contribution < -0.4 is 0 Å². The lowest BCUT2D eigenvalue weighted by atomic mass is 10.1. The molecule has 4 heteroatoms. The quantitative estimate of drug-likeness (QED) is 0.802. The molecule has 0 aromatic heterocycles. The van der Waals surface area contributed by atoms with Crippen LogP contribution in [0.25, 0.3) is 0 Å². The molecule has 0 atom stereocenters. The molecule has 0 unspecified atom stereocenters. The Morgan fingerprint density at radius 3 is 2.74 bits per heavy atom. The second-order valence-corrected chi connectivity index (χ2v) is 4.28. The van der Waals surface area contributed by atoms with Crippen molar-refractivity contribution in [3.05, 3.63) is 70.2 Å². The summed E-state index contributed by atoms with van der Waals surface area (Å²) in [6.45, 7) is 0.111. The lowest BCUT2D eigenvalue weighted by Crippen LogP contribution is -2.05. The summed E-state index contributed by atoms with van der Waals surface area (Å²) in [7, 11) is 0. The SMILES string of the molecule is N#Cc1cccc(COC(=O)c2ccccc2Cl)c1. The zero-order valence-corrected chi connectivity index (χ0v) is 10.7. The third-order valence-corrected chi connectivity index (χ3v) is 2.85. The van der Waals surface area contributed by atoms with Crippen LogP contribution in [0.4, 0.5) is 0 Å². The maximum atomic E-state index is 11.8. The van der Waals surface area contributed by atoms with Crippen molar-refractivity contribution in [2.45, 2.75) is 6.61 Å². The summed E-state index contributed by atoms with van der Waals surface area (Å²) >= 11 is 5.90. The summed E-state index contributed by atoms with van der Waals surface area (Å²) in [6.07, 6.45) is 0. The normalized spacial score (nSPS) is 9.68. The highest BCUT2D eigenvalue weighted by molar-refractivity contribution is 6.33. The van der Waals surface area contributed by atoms with E-state index < -0.39 is 5.97 Å². The molecule has 0 N–H and O–H groups in total. The number of hydrogen-bond donors (Lipinski definition) is 0. The van der Waals surface area contributed by atoms with E-state index in [4.69, 9.17) is 21.6 Å². The number of nitrogens with zero attached hydrogens (tertiary/aromatic N) is 1. The summed E-state index contributed by atoms with van der Waals surface area (Å²) in [5.41, 5.74) is 1.63. The number of ether oxygens (including phenoxy) is 1. The largest absolute Gasteiger partial charge is 0.457 e. The zero-order valence-electron chi connectivity index (χ0n) is 9.97. The average molecular weight is 272 g/mol. The Labute approximate surface area is 116 Å². The summed E-state index contributed by atoms with van der Waals surface area (Å²) < 4.78 is 5.16. The van der Waals surface area contributed by atoms with Gasteiger partial charge in [-0.25, -0.2) is 4.79 Å². The van der Waals surface area contributed by atoms with Gasteiger partial charge in [-0.15, -0.1) is 0 Å². The highest BCUT2D eigenvalue weighted by atomic mass is 35.5. The number of hydrogen-bond acceptors (Lipinski definition) is 3. The lowest BCUT2D eigenvalue weighted by molar-refractivity contribution is 0.0473. The Kier molecular flexibility index (Phi) is 4.17. The molecule has 0 aliphatic heterocycles. The van der Waals surface area contributed by atoms with Crippen molar-refractivity contribution in [3.8, 4) is 6.07 Å². The van der Waals surface area contributed by atoms with Crippen LogP contribution in [0.1, 0.15) is 21.5 Å². The van der Waals surface area contributed by atoms with Crippen LogP contribution in [0.15, 0.2) is 48.5 Å². The van der Waals surface area contributed by atoms with Crippen LogP contribution in [-0.4, -0.2) is 5.97 Å². The van der Waals surface area contributed by atoms with Crippen molar-refractivity contribution in [2.75, 3.05) is 0 Å². The predicted molar refractivity (Wildman–Crippen MR) is 71.7 cm³/mol. The lowest BCUT2D eigenvalue weighted by Gasteiger charge is -2.06. The molecule has 0 aliphatic rings. The predicted octanol–water partition coefficient (Wildman–Crippen LogP) is 3.57. The Hall–Kier alpha value is -2.31. The van der Waals surface area contributed by atoms with Crippen molar-refractivity contribution in [3.63, 3.8) is 0 Å². The van der Waals surface area contributed by atoms with E-state index in [9.17, 15) is 4.79 Å². The minimum atomic E-state index is -0.479. The Bertz CT molecular complexity index is 647. The van der Waals surface area contributed by atoms with E-state index in [1.165, 1.54) is 0 Å². The van der Waals surface area contributed by atoms with Gasteiger partial charge in [-0.3, -0.25) is 0 Å². The van der Waals surface area contributed by atoms with E-state index in [2.05, 4.69) is 0 Å². The Morgan fingerprint density at radius 1 is 1.21 bits per heavy atom. The van der Waals surface area contributed by atoms with Gasteiger partial charge in [-0.05, 0) is 29.8 Å². The van der Waals surface area contributed by atoms with Gasteiger partial charge in [-0.2, -0.15) is 5.26 Å². The number of nitriles is 1. The van der Waals surface area contributed by atoms with Crippen LogP contribution in [0.2, 0.25) is 5.02 Å². The number of benzene rings is 2. The van der Waals surface area contributed by atoms with Gasteiger partial charge in [0.1, 0.15) is 6.61 Å². The molecule has 0 aliphatic carbocycles. The first-order chi connectivity index (χ1) is 9.20. The maximum absolute atomic E-state index is 11.8. The number of halogens is 1. The van der Waals surface area contributed by atoms with Gasteiger partial charge < -0.3 is 4.74 Å². The smallest absolute Gasteiger partial charge is 0.339 e. The van der Waals surface area contributed by atoms with Crippen LogP contribution >= 0.6 is 11.6 Å². The van der Waals surface area contributed by atoms with Gasteiger partial charge >= 0.3 is 5.97 Å². The molecule has 0 saturated heterocycles. The first-order valence-corrected chi connectivity index (χ1v) is 5.99. The second-order valence-electron chi connectivity index (χ2n) is 3.87.